The first-order valence-electron chi connectivity index (χ1n) is 6.26. The molecule has 0 spiro atoms. The van der Waals surface area contributed by atoms with Gasteiger partial charge in [-0.15, -0.1) is 0 Å². The molecule has 3 aromatic rings. The van der Waals surface area contributed by atoms with Crippen LogP contribution in [0.5, 0.6) is 0 Å². The Morgan fingerprint density at radius 3 is 2.10 bits per heavy atom. The molecule has 104 valence electrons. The monoisotopic (exact) mass is 281 g/mol. The minimum absolute atomic E-state index is 0.0398. The number of nitrogens with zero attached hydrogens (tertiary/aromatic N) is 3. The second-order valence-electron chi connectivity index (χ2n) is 4.44. The highest BCUT2D eigenvalue weighted by Crippen LogP contribution is 2.27. The molecule has 0 atom stereocenters. The van der Waals surface area contributed by atoms with Crippen molar-refractivity contribution in [2.75, 3.05) is 11.5 Å². The zero-order valence-electron chi connectivity index (χ0n) is 11.0. The largest absolute Gasteiger partial charge is 0.368 e. The third-order valence-corrected chi connectivity index (χ3v) is 2.98. The summed E-state index contributed by atoms with van der Waals surface area (Å²) in [5.41, 5.74) is 13.1. The molecule has 0 aliphatic rings. The summed E-state index contributed by atoms with van der Waals surface area (Å²) in [5.74, 6) is -0.404. The summed E-state index contributed by atoms with van der Waals surface area (Å²) in [4.78, 5) is 11.6. The van der Waals surface area contributed by atoms with Crippen LogP contribution in [0.1, 0.15) is 0 Å². The van der Waals surface area contributed by atoms with Gasteiger partial charge >= 0.3 is 0 Å². The van der Waals surface area contributed by atoms with Crippen molar-refractivity contribution in [2.45, 2.75) is 0 Å². The Morgan fingerprint density at radius 2 is 1.43 bits per heavy atom. The second kappa shape index (κ2) is 5.16. The van der Waals surface area contributed by atoms with Crippen molar-refractivity contribution in [2.24, 2.45) is 0 Å². The lowest BCUT2D eigenvalue weighted by Gasteiger charge is -2.07. The average molecular weight is 281 g/mol. The van der Waals surface area contributed by atoms with E-state index in [9.17, 15) is 4.39 Å². The molecule has 0 amide bonds. The Morgan fingerprint density at radius 1 is 0.762 bits per heavy atom. The van der Waals surface area contributed by atoms with Crippen LogP contribution in [0.25, 0.3) is 22.5 Å². The van der Waals surface area contributed by atoms with Gasteiger partial charge in [-0.05, 0) is 23.3 Å². The van der Waals surface area contributed by atoms with Gasteiger partial charge in [0, 0.05) is 0 Å². The Balaban J connectivity index is 2.14. The summed E-state index contributed by atoms with van der Waals surface area (Å²) in [6, 6.07) is 14.4. The van der Waals surface area contributed by atoms with Crippen LogP contribution >= 0.6 is 0 Å². The quantitative estimate of drug-likeness (QED) is 0.753. The second-order valence-corrected chi connectivity index (χ2v) is 4.44. The Kier molecular flexibility index (Phi) is 3.19. The summed E-state index contributed by atoms with van der Waals surface area (Å²) >= 11 is 0. The van der Waals surface area contributed by atoms with Gasteiger partial charge in [0.2, 0.25) is 11.9 Å². The fourth-order valence-electron chi connectivity index (χ4n) is 2.04. The third-order valence-electron chi connectivity index (χ3n) is 2.98. The standard InChI is InChI=1S/C15H12FN5/c16-12-7-6-10(9-4-2-1-3-5-9)8-11(12)13-19-14(17)21-15(18)20-13/h1-8H,(H4,17,18,19,20,21). The molecular formula is C15H12FN5. The number of hydrogen-bond donors (Lipinski definition) is 2. The fraction of sp³-hybridized carbons (Fsp3) is 0. The van der Waals surface area contributed by atoms with Gasteiger partial charge in [-0.3, -0.25) is 0 Å². The molecular weight excluding hydrogens is 269 g/mol. The van der Waals surface area contributed by atoms with Crippen molar-refractivity contribution in [3.8, 4) is 22.5 Å². The predicted octanol–water partition coefficient (Wildman–Crippen LogP) is 2.51. The van der Waals surface area contributed by atoms with Crippen molar-refractivity contribution in [3.63, 3.8) is 0 Å². The molecule has 21 heavy (non-hydrogen) atoms. The predicted molar refractivity (Wildman–Crippen MR) is 79.5 cm³/mol. The van der Waals surface area contributed by atoms with E-state index in [1.54, 1.807) is 12.1 Å². The highest BCUT2D eigenvalue weighted by atomic mass is 19.1. The molecule has 0 radical (unpaired) electrons. The summed E-state index contributed by atoms with van der Waals surface area (Å²) in [6.07, 6.45) is 0. The maximum atomic E-state index is 14.1. The molecule has 0 bridgehead atoms. The van der Waals surface area contributed by atoms with E-state index in [0.717, 1.165) is 11.1 Å². The molecule has 0 aliphatic carbocycles. The number of halogens is 1. The zero-order chi connectivity index (χ0) is 14.8. The number of nitrogen functional groups attached to an aromatic ring is 2. The molecule has 2 aromatic carbocycles. The van der Waals surface area contributed by atoms with E-state index in [0.29, 0.717) is 0 Å². The molecule has 0 fully saturated rings. The van der Waals surface area contributed by atoms with Gasteiger partial charge in [-0.2, -0.15) is 15.0 Å². The Bertz CT molecular complexity index is 769. The first kappa shape index (κ1) is 13.0. The number of aromatic nitrogens is 3. The Hall–Kier alpha value is -3.02. The SMILES string of the molecule is Nc1nc(N)nc(-c2cc(-c3ccccc3)ccc2F)n1. The highest BCUT2D eigenvalue weighted by Gasteiger charge is 2.12. The minimum atomic E-state index is -0.445. The molecule has 5 nitrogen and oxygen atoms in total. The molecule has 1 heterocycles. The summed E-state index contributed by atoms with van der Waals surface area (Å²) in [5, 5.41) is 0. The molecule has 0 unspecified atom stereocenters. The molecule has 3 rings (SSSR count). The van der Waals surface area contributed by atoms with Gasteiger partial charge < -0.3 is 11.5 Å². The first-order chi connectivity index (χ1) is 10.1. The smallest absolute Gasteiger partial charge is 0.225 e. The van der Waals surface area contributed by atoms with Crippen LogP contribution in [-0.4, -0.2) is 15.0 Å². The molecule has 6 heteroatoms. The van der Waals surface area contributed by atoms with Crippen LogP contribution < -0.4 is 11.5 Å². The van der Waals surface area contributed by atoms with Gasteiger partial charge in [0.25, 0.3) is 0 Å². The topological polar surface area (TPSA) is 90.7 Å². The van der Waals surface area contributed by atoms with E-state index in [4.69, 9.17) is 11.5 Å². The van der Waals surface area contributed by atoms with Gasteiger partial charge in [0.1, 0.15) is 5.82 Å². The van der Waals surface area contributed by atoms with Gasteiger partial charge in [0.15, 0.2) is 5.82 Å². The van der Waals surface area contributed by atoms with E-state index < -0.39 is 5.82 Å². The van der Waals surface area contributed by atoms with Crippen molar-refractivity contribution in [1.29, 1.82) is 0 Å². The van der Waals surface area contributed by atoms with E-state index in [1.807, 2.05) is 30.3 Å². The lowest BCUT2D eigenvalue weighted by Crippen LogP contribution is -2.05. The molecule has 0 saturated heterocycles. The number of anilines is 2. The minimum Gasteiger partial charge on any atom is -0.368 e. The van der Waals surface area contributed by atoms with Crippen LogP contribution in [-0.2, 0) is 0 Å². The van der Waals surface area contributed by atoms with Crippen LogP contribution in [0.2, 0.25) is 0 Å². The van der Waals surface area contributed by atoms with Crippen molar-refractivity contribution >= 4 is 11.9 Å². The van der Waals surface area contributed by atoms with Crippen LogP contribution in [0, 0.1) is 5.82 Å². The van der Waals surface area contributed by atoms with E-state index in [-0.39, 0.29) is 23.3 Å². The number of nitrogens with two attached hydrogens (primary N) is 2. The van der Waals surface area contributed by atoms with Crippen LogP contribution in [0.15, 0.2) is 48.5 Å². The average Bonchev–Trinajstić information content (AvgIpc) is 2.47. The summed E-state index contributed by atoms with van der Waals surface area (Å²) in [6.45, 7) is 0. The van der Waals surface area contributed by atoms with E-state index in [2.05, 4.69) is 15.0 Å². The number of rotatable bonds is 2. The Labute approximate surface area is 120 Å². The van der Waals surface area contributed by atoms with Crippen LogP contribution in [0.4, 0.5) is 16.3 Å². The highest BCUT2D eigenvalue weighted by molar-refractivity contribution is 5.71. The van der Waals surface area contributed by atoms with Crippen molar-refractivity contribution in [1.82, 2.24) is 15.0 Å². The maximum absolute atomic E-state index is 14.1. The molecule has 4 N–H and O–H groups in total. The van der Waals surface area contributed by atoms with Crippen molar-refractivity contribution < 1.29 is 4.39 Å². The molecule has 0 aliphatic heterocycles. The summed E-state index contributed by atoms with van der Waals surface area (Å²) in [7, 11) is 0. The van der Waals surface area contributed by atoms with Gasteiger partial charge in [-0.25, -0.2) is 4.39 Å². The normalized spacial score (nSPS) is 10.5. The number of benzene rings is 2. The fourth-order valence-corrected chi connectivity index (χ4v) is 2.04. The zero-order valence-corrected chi connectivity index (χ0v) is 11.0. The summed E-state index contributed by atoms with van der Waals surface area (Å²) < 4.78 is 14.1. The van der Waals surface area contributed by atoms with Gasteiger partial charge in [-0.1, -0.05) is 36.4 Å². The van der Waals surface area contributed by atoms with Crippen molar-refractivity contribution in [3.05, 3.63) is 54.3 Å². The maximum Gasteiger partial charge on any atom is 0.225 e. The third kappa shape index (κ3) is 2.64. The van der Waals surface area contributed by atoms with E-state index >= 15 is 0 Å². The van der Waals surface area contributed by atoms with Crippen LogP contribution in [0.3, 0.4) is 0 Å². The lowest BCUT2D eigenvalue weighted by molar-refractivity contribution is 0.630. The van der Waals surface area contributed by atoms with E-state index in [1.165, 1.54) is 6.07 Å². The molecule has 0 saturated carbocycles. The lowest BCUT2D eigenvalue weighted by atomic mass is 10.0. The molecule has 1 aromatic heterocycles. The first-order valence-corrected chi connectivity index (χ1v) is 6.26. The van der Waals surface area contributed by atoms with Gasteiger partial charge in [0.05, 0.1) is 5.56 Å². The number of hydrogen-bond acceptors (Lipinski definition) is 5.